The van der Waals surface area contributed by atoms with Crippen molar-refractivity contribution in [2.45, 2.75) is 6.54 Å². The maximum absolute atomic E-state index is 11.4. The van der Waals surface area contributed by atoms with Crippen molar-refractivity contribution in [3.8, 4) is 22.6 Å². The summed E-state index contributed by atoms with van der Waals surface area (Å²) in [6, 6.07) is 16.3. The Kier molecular flexibility index (Phi) is 5.48. The minimum absolute atomic E-state index is 0.235. The Balaban J connectivity index is 1.74. The van der Waals surface area contributed by atoms with Gasteiger partial charge in [0.05, 0.1) is 18.8 Å². The lowest BCUT2D eigenvalue weighted by atomic mass is 10.0. The van der Waals surface area contributed by atoms with Crippen molar-refractivity contribution >= 4 is 17.6 Å². The molecule has 1 aliphatic rings. The molecule has 28 heavy (non-hydrogen) atoms. The molecule has 6 heteroatoms. The zero-order chi connectivity index (χ0) is 19.5. The van der Waals surface area contributed by atoms with Gasteiger partial charge < -0.3 is 14.3 Å². The van der Waals surface area contributed by atoms with Crippen LogP contribution >= 0.6 is 11.6 Å². The summed E-state index contributed by atoms with van der Waals surface area (Å²) in [6.45, 7) is 3.86. The first-order valence-electron chi connectivity index (χ1n) is 9.12. The summed E-state index contributed by atoms with van der Waals surface area (Å²) in [5, 5.41) is 10.00. The van der Waals surface area contributed by atoms with Crippen molar-refractivity contribution in [2.24, 2.45) is 0 Å². The van der Waals surface area contributed by atoms with Gasteiger partial charge in [-0.25, -0.2) is 4.79 Å². The third kappa shape index (κ3) is 4.12. The number of aromatic carboxylic acids is 1. The van der Waals surface area contributed by atoms with Crippen molar-refractivity contribution < 1.29 is 19.1 Å². The van der Waals surface area contributed by atoms with Gasteiger partial charge in [-0.2, -0.15) is 0 Å². The lowest BCUT2D eigenvalue weighted by Crippen LogP contribution is -2.35. The van der Waals surface area contributed by atoms with Crippen LogP contribution in [0.5, 0.6) is 0 Å². The van der Waals surface area contributed by atoms with Gasteiger partial charge in [0.15, 0.2) is 0 Å². The van der Waals surface area contributed by atoms with E-state index >= 15 is 0 Å². The highest BCUT2D eigenvalue weighted by molar-refractivity contribution is 6.30. The molecule has 1 aliphatic heterocycles. The molecule has 5 nitrogen and oxygen atoms in total. The van der Waals surface area contributed by atoms with Gasteiger partial charge in [0, 0.05) is 41.3 Å². The van der Waals surface area contributed by atoms with Gasteiger partial charge in [-0.3, -0.25) is 4.90 Å². The smallest absolute Gasteiger partial charge is 0.335 e. The summed E-state index contributed by atoms with van der Waals surface area (Å²) in [6.07, 6.45) is 0. The van der Waals surface area contributed by atoms with E-state index in [1.165, 1.54) is 0 Å². The van der Waals surface area contributed by atoms with Gasteiger partial charge in [0.25, 0.3) is 0 Å². The van der Waals surface area contributed by atoms with E-state index in [2.05, 4.69) is 4.90 Å². The van der Waals surface area contributed by atoms with Crippen LogP contribution in [-0.4, -0.2) is 42.3 Å². The first kappa shape index (κ1) is 18.7. The van der Waals surface area contributed by atoms with Crippen LogP contribution in [0.3, 0.4) is 0 Å². The fourth-order valence-electron chi connectivity index (χ4n) is 3.34. The summed E-state index contributed by atoms with van der Waals surface area (Å²) in [5.74, 6) is 0.469. The number of hydrogen-bond acceptors (Lipinski definition) is 4. The molecular formula is C22H20ClNO4. The normalized spacial score (nSPS) is 14.9. The van der Waals surface area contributed by atoms with Crippen LogP contribution in [0.4, 0.5) is 0 Å². The second-order valence-electron chi connectivity index (χ2n) is 6.75. The largest absolute Gasteiger partial charge is 0.478 e. The number of carboxylic acids is 1. The molecule has 0 unspecified atom stereocenters. The van der Waals surface area contributed by atoms with Crippen LogP contribution in [0.15, 0.2) is 59.0 Å². The molecule has 0 saturated carbocycles. The van der Waals surface area contributed by atoms with Crippen molar-refractivity contribution in [1.82, 2.24) is 4.90 Å². The van der Waals surface area contributed by atoms with Gasteiger partial charge in [0.2, 0.25) is 0 Å². The van der Waals surface area contributed by atoms with E-state index in [4.69, 9.17) is 20.8 Å². The Morgan fingerprint density at radius 1 is 1.04 bits per heavy atom. The Morgan fingerprint density at radius 3 is 2.50 bits per heavy atom. The van der Waals surface area contributed by atoms with E-state index in [0.717, 1.165) is 35.5 Å². The average Bonchev–Trinajstić information content (AvgIpc) is 3.13. The average molecular weight is 398 g/mol. The second-order valence-corrected chi connectivity index (χ2v) is 7.18. The van der Waals surface area contributed by atoms with Gasteiger partial charge in [-0.1, -0.05) is 23.7 Å². The monoisotopic (exact) mass is 397 g/mol. The maximum atomic E-state index is 11.4. The molecule has 1 aromatic heterocycles. The number of morpholine rings is 1. The number of halogens is 1. The van der Waals surface area contributed by atoms with Crippen LogP contribution in [0.25, 0.3) is 22.6 Å². The SMILES string of the molecule is O=C(O)c1cccc(-c2oc(-c3ccc(Cl)cc3)cc2CN2CCOCC2)c1. The molecular weight excluding hydrogens is 378 g/mol. The van der Waals surface area contributed by atoms with Gasteiger partial charge in [0.1, 0.15) is 11.5 Å². The van der Waals surface area contributed by atoms with Gasteiger partial charge >= 0.3 is 5.97 Å². The van der Waals surface area contributed by atoms with Gasteiger partial charge in [-0.15, -0.1) is 0 Å². The van der Waals surface area contributed by atoms with Crippen molar-refractivity contribution in [3.63, 3.8) is 0 Å². The molecule has 2 aromatic carbocycles. The molecule has 3 aromatic rings. The zero-order valence-electron chi connectivity index (χ0n) is 15.2. The number of nitrogens with zero attached hydrogens (tertiary/aromatic N) is 1. The number of carboxylic acid groups (broad SMARTS) is 1. The first-order valence-corrected chi connectivity index (χ1v) is 9.50. The molecule has 0 atom stereocenters. The van der Waals surface area contributed by atoms with E-state index in [1.54, 1.807) is 18.2 Å². The highest BCUT2D eigenvalue weighted by Gasteiger charge is 2.19. The third-order valence-electron chi connectivity index (χ3n) is 4.81. The summed E-state index contributed by atoms with van der Waals surface area (Å²) < 4.78 is 11.6. The summed E-state index contributed by atoms with van der Waals surface area (Å²) in [7, 11) is 0. The zero-order valence-corrected chi connectivity index (χ0v) is 16.0. The predicted molar refractivity (Wildman–Crippen MR) is 108 cm³/mol. The van der Waals surface area contributed by atoms with Crippen LogP contribution in [-0.2, 0) is 11.3 Å². The summed E-state index contributed by atoms with van der Waals surface area (Å²) >= 11 is 6.00. The van der Waals surface area contributed by atoms with E-state index in [1.807, 2.05) is 36.4 Å². The molecule has 0 amide bonds. The van der Waals surface area contributed by atoms with Crippen LogP contribution < -0.4 is 0 Å². The Hall–Kier alpha value is -2.60. The molecule has 0 aliphatic carbocycles. The second kappa shape index (κ2) is 8.19. The third-order valence-corrected chi connectivity index (χ3v) is 5.06. The lowest BCUT2D eigenvalue weighted by Gasteiger charge is -2.26. The molecule has 1 fully saturated rings. The van der Waals surface area contributed by atoms with Crippen molar-refractivity contribution in [2.75, 3.05) is 26.3 Å². The Morgan fingerprint density at radius 2 is 1.79 bits per heavy atom. The van der Waals surface area contributed by atoms with Crippen LogP contribution in [0, 0.1) is 0 Å². The molecule has 0 bridgehead atoms. The number of carbonyl (C=O) groups is 1. The number of ether oxygens (including phenoxy) is 1. The Labute approximate surface area is 168 Å². The molecule has 1 saturated heterocycles. The molecule has 144 valence electrons. The van der Waals surface area contributed by atoms with E-state index < -0.39 is 5.97 Å². The van der Waals surface area contributed by atoms with E-state index in [9.17, 15) is 9.90 Å². The molecule has 2 heterocycles. The highest BCUT2D eigenvalue weighted by Crippen LogP contribution is 2.34. The maximum Gasteiger partial charge on any atom is 0.335 e. The molecule has 1 N–H and O–H groups in total. The van der Waals surface area contributed by atoms with E-state index in [-0.39, 0.29) is 5.56 Å². The Bertz CT molecular complexity index is 974. The number of furan rings is 1. The van der Waals surface area contributed by atoms with Crippen LogP contribution in [0.1, 0.15) is 15.9 Å². The van der Waals surface area contributed by atoms with Crippen molar-refractivity contribution in [3.05, 3.63) is 70.7 Å². The summed E-state index contributed by atoms with van der Waals surface area (Å²) in [5.41, 5.74) is 2.94. The number of hydrogen-bond donors (Lipinski definition) is 1. The molecule has 0 spiro atoms. The molecule has 4 rings (SSSR count). The van der Waals surface area contributed by atoms with Crippen LogP contribution in [0.2, 0.25) is 5.02 Å². The fourth-order valence-corrected chi connectivity index (χ4v) is 3.47. The quantitative estimate of drug-likeness (QED) is 0.670. The van der Waals surface area contributed by atoms with Gasteiger partial charge in [-0.05, 0) is 42.5 Å². The standard InChI is InChI=1S/C22H20ClNO4/c23-19-6-4-15(5-7-19)20-13-18(14-24-8-10-27-11-9-24)21(28-20)16-2-1-3-17(12-16)22(25)26/h1-7,12-13H,8-11,14H2,(H,25,26). The lowest BCUT2D eigenvalue weighted by molar-refractivity contribution is 0.0342. The highest BCUT2D eigenvalue weighted by atomic mass is 35.5. The van der Waals surface area contributed by atoms with E-state index in [0.29, 0.717) is 30.5 Å². The first-order chi connectivity index (χ1) is 13.6. The number of rotatable bonds is 5. The number of benzene rings is 2. The van der Waals surface area contributed by atoms with Crippen molar-refractivity contribution in [1.29, 1.82) is 0 Å². The summed E-state index contributed by atoms with van der Waals surface area (Å²) in [4.78, 5) is 13.7. The molecule has 0 radical (unpaired) electrons. The topological polar surface area (TPSA) is 62.9 Å². The fraction of sp³-hybridized carbons (Fsp3) is 0.227. The predicted octanol–water partition coefficient (Wildman–Crippen LogP) is 4.80. The minimum Gasteiger partial charge on any atom is -0.478 e. The minimum atomic E-state index is -0.957.